The van der Waals surface area contributed by atoms with Crippen molar-refractivity contribution in [2.24, 2.45) is 0 Å². The molecule has 0 aliphatic carbocycles. The van der Waals surface area contributed by atoms with Crippen LogP contribution in [-0.4, -0.2) is 49.2 Å². The number of nitro benzene ring substituents is 1. The lowest BCUT2D eigenvalue weighted by Gasteiger charge is -2.37. The van der Waals surface area contributed by atoms with Crippen molar-refractivity contribution >= 4 is 5.69 Å². The second-order valence-electron chi connectivity index (χ2n) is 5.07. The summed E-state index contributed by atoms with van der Waals surface area (Å²) >= 11 is 0. The van der Waals surface area contributed by atoms with E-state index in [-0.39, 0.29) is 22.8 Å². The van der Waals surface area contributed by atoms with Crippen LogP contribution in [0.1, 0.15) is 18.5 Å². The molecule has 6 heteroatoms. The molecule has 0 saturated carbocycles. The van der Waals surface area contributed by atoms with Crippen molar-refractivity contribution in [3.63, 3.8) is 0 Å². The van der Waals surface area contributed by atoms with Gasteiger partial charge in [-0.1, -0.05) is 12.1 Å². The first kappa shape index (κ1) is 14.9. The van der Waals surface area contributed by atoms with Gasteiger partial charge in [-0.15, -0.1) is 0 Å². The van der Waals surface area contributed by atoms with Crippen LogP contribution in [0.4, 0.5) is 5.69 Å². The topological polar surface area (TPSA) is 67.6 Å². The fourth-order valence-corrected chi connectivity index (χ4v) is 2.55. The van der Waals surface area contributed by atoms with E-state index >= 15 is 0 Å². The number of non-ortho nitro benzene ring substituents is 1. The Kier molecular flexibility index (Phi) is 5.05. The van der Waals surface area contributed by atoms with Crippen molar-refractivity contribution in [2.75, 3.05) is 33.3 Å². The maximum Gasteiger partial charge on any atom is 0.269 e. The molecule has 1 N–H and O–H groups in total. The Morgan fingerprint density at radius 3 is 3.10 bits per heavy atom. The summed E-state index contributed by atoms with van der Waals surface area (Å²) in [4.78, 5) is 12.8. The first-order valence-corrected chi connectivity index (χ1v) is 6.86. The predicted octanol–water partition coefficient (Wildman–Crippen LogP) is 1.58. The highest BCUT2D eigenvalue weighted by atomic mass is 16.6. The summed E-state index contributed by atoms with van der Waals surface area (Å²) in [5.74, 6) is 0. The van der Waals surface area contributed by atoms with Gasteiger partial charge in [0, 0.05) is 37.8 Å². The van der Waals surface area contributed by atoms with Crippen molar-refractivity contribution in [3.05, 3.63) is 39.9 Å². The summed E-state index contributed by atoms with van der Waals surface area (Å²) in [7, 11) is 1.91. The van der Waals surface area contributed by atoms with Gasteiger partial charge < -0.3 is 10.1 Å². The molecule has 1 aromatic rings. The van der Waals surface area contributed by atoms with Crippen molar-refractivity contribution < 1.29 is 9.66 Å². The normalized spacial score (nSPS) is 21.6. The van der Waals surface area contributed by atoms with E-state index in [1.165, 1.54) is 6.07 Å². The van der Waals surface area contributed by atoms with Gasteiger partial charge in [-0.05, 0) is 19.5 Å². The highest BCUT2D eigenvalue weighted by molar-refractivity contribution is 5.35. The zero-order valence-corrected chi connectivity index (χ0v) is 11.9. The minimum Gasteiger partial charge on any atom is -0.374 e. The molecule has 2 atom stereocenters. The molecule has 0 bridgehead atoms. The Morgan fingerprint density at radius 2 is 2.40 bits per heavy atom. The van der Waals surface area contributed by atoms with Crippen molar-refractivity contribution in [1.82, 2.24) is 10.2 Å². The van der Waals surface area contributed by atoms with E-state index in [2.05, 4.69) is 17.1 Å². The number of hydrogen-bond acceptors (Lipinski definition) is 5. The average molecular weight is 279 g/mol. The average Bonchev–Trinajstić information content (AvgIpc) is 2.47. The summed E-state index contributed by atoms with van der Waals surface area (Å²) < 4.78 is 5.68. The third-order valence-electron chi connectivity index (χ3n) is 3.71. The Morgan fingerprint density at radius 1 is 1.60 bits per heavy atom. The number of hydrogen-bond donors (Lipinski definition) is 1. The Bertz CT molecular complexity index is 465. The highest BCUT2D eigenvalue weighted by Crippen LogP contribution is 2.25. The van der Waals surface area contributed by atoms with Crippen LogP contribution in [0.2, 0.25) is 0 Å². The lowest BCUT2D eigenvalue weighted by atomic mass is 10.0. The van der Waals surface area contributed by atoms with Gasteiger partial charge in [-0.2, -0.15) is 0 Å². The molecule has 110 valence electrons. The van der Waals surface area contributed by atoms with Crippen LogP contribution in [-0.2, 0) is 4.74 Å². The van der Waals surface area contributed by atoms with Gasteiger partial charge in [0.25, 0.3) is 5.69 Å². The Labute approximate surface area is 118 Å². The molecule has 2 unspecified atom stereocenters. The van der Waals surface area contributed by atoms with E-state index in [1.807, 2.05) is 13.1 Å². The Hall–Kier alpha value is -1.50. The molecule has 1 aromatic carbocycles. The highest BCUT2D eigenvalue weighted by Gasteiger charge is 2.25. The van der Waals surface area contributed by atoms with Crippen LogP contribution >= 0.6 is 0 Å². The van der Waals surface area contributed by atoms with E-state index in [0.29, 0.717) is 6.61 Å². The van der Waals surface area contributed by atoms with Gasteiger partial charge in [0.05, 0.1) is 17.6 Å². The molecule has 0 radical (unpaired) electrons. The van der Waals surface area contributed by atoms with Crippen molar-refractivity contribution in [3.8, 4) is 0 Å². The van der Waals surface area contributed by atoms with Crippen LogP contribution in [0.3, 0.4) is 0 Å². The number of nitrogens with zero attached hydrogens (tertiary/aromatic N) is 2. The summed E-state index contributed by atoms with van der Waals surface area (Å²) in [5, 5.41) is 14.0. The van der Waals surface area contributed by atoms with Gasteiger partial charge in [0.1, 0.15) is 0 Å². The Balaban J connectivity index is 2.08. The molecule has 20 heavy (non-hydrogen) atoms. The molecule has 1 aliphatic rings. The van der Waals surface area contributed by atoms with E-state index in [0.717, 1.165) is 25.2 Å². The van der Waals surface area contributed by atoms with E-state index in [9.17, 15) is 10.1 Å². The SMILES string of the molecule is CNCC1CN(C(C)c2cccc([N+](=O)[O-])c2)CCO1. The molecule has 1 aliphatic heterocycles. The standard InChI is InChI=1S/C14H21N3O3/c1-11(12-4-3-5-13(8-12)17(18)19)16-6-7-20-14(10-16)9-15-2/h3-5,8,11,14-15H,6-7,9-10H2,1-2H3. The third-order valence-corrected chi connectivity index (χ3v) is 3.71. The minimum atomic E-state index is -0.348. The maximum atomic E-state index is 10.9. The van der Waals surface area contributed by atoms with Crippen LogP contribution < -0.4 is 5.32 Å². The van der Waals surface area contributed by atoms with E-state index in [1.54, 1.807) is 12.1 Å². The lowest BCUT2D eigenvalue weighted by Crippen LogP contribution is -2.46. The van der Waals surface area contributed by atoms with Gasteiger partial charge in [0.2, 0.25) is 0 Å². The number of benzene rings is 1. The number of likely N-dealkylation sites (N-methyl/N-ethyl adjacent to an activating group) is 1. The summed E-state index contributed by atoms with van der Waals surface area (Å²) in [6.07, 6.45) is 0.176. The third kappa shape index (κ3) is 3.53. The van der Waals surface area contributed by atoms with E-state index < -0.39 is 0 Å². The molecular weight excluding hydrogens is 258 g/mol. The van der Waals surface area contributed by atoms with Crippen LogP contribution in [0.15, 0.2) is 24.3 Å². The van der Waals surface area contributed by atoms with Crippen molar-refractivity contribution in [2.45, 2.75) is 19.1 Å². The number of ether oxygens (including phenoxy) is 1. The first-order chi connectivity index (χ1) is 9.61. The summed E-state index contributed by atoms with van der Waals surface area (Å²) in [6, 6.07) is 7.03. The molecule has 0 aromatic heterocycles. The van der Waals surface area contributed by atoms with Crippen LogP contribution in [0, 0.1) is 10.1 Å². The molecule has 0 spiro atoms. The number of rotatable bonds is 5. The fraction of sp³-hybridized carbons (Fsp3) is 0.571. The molecule has 1 saturated heterocycles. The summed E-state index contributed by atoms with van der Waals surface area (Å²) in [5.41, 5.74) is 1.12. The first-order valence-electron chi connectivity index (χ1n) is 6.86. The second-order valence-corrected chi connectivity index (χ2v) is 5.07. The molecule has 2 rings (SSSR count). The lowest BCUT2D eigenvalue weighted by molar-refractivity contribution is -0.385. The van der Waals surface area contributed by atoms with Crippen LogP contribution in [0.25, 0.3) is 0 Å². The number of morpholine rings is 1. The smallest absolute Gasteiger partial charge is 0.269 e. The number of nitrogens with one attached hydrogen (secondary N) is 1. The zero-order valence-electron chi connectivity index (χ0n) is 11.9. The molecular formula is C14H21N3O3. The quantitative estimate of drug-likeness (QED) is 0.654. The van der Waals surface area contributed by atoms with Gasteiger partial charge in [0.15, 0.2) is 0 Å². The second kappa shape index (κ2) is 6.78. The fourth-order valence-electron chi connectivity index (χ4n) is 2.55. The van der Waals surface area contributed by atoms with Gasteiger partial charge in [-0.3, -0.25) is 15.0 Å². The number of nitro groups is 1. The van der Waals surface area contributed by atoms with Gasteiger partial charge in [-0.25, -0.2) is 0 Å². The predicted molar refractivity (Wildman–Crippen MR) is 76.8 cm³/mol. The molecule has 6 nitrogen and oxygen atoms in total. The molecule has 0 amide bonds. The summed E-state index contributed by atoms with van der Waals surface area (Å²) in [6.45, 7) is 5.29. The van der Waals surface area contributed by atoms with Crippen molar-refractivity contribution in [1.29, 1.82) is 0 Å². The monoisotopic (exact) mass is 279 g/mol. The minimum absolute atomic E-state index is 0.148. The largest absolute Gasteiger partial charge is 0.374 e. The maximum absolute atomic E-state index is 10.9. The zero-order chi connectivity index (χ0) is 14.5. The van der Waals surface area contributed by atoms with Gasteiger partial charge >= 0.3 is 0 Å². The molecule has 1 fully saturated rings. The van der Waals surface area contributed by atoms with E-state index in [4.69, 9.17) is 4.74 Å². The molecule has 1 heterocycles. The van der Waals surface area contributed by atoms with Crippen LogP contribution in [0.5, 0.6) is 0 Å².